The van der Waals surface area contributed by atoms with Gasteiger partial charge in [-0.25, -0.2) is 0 Å². The lowest BCUT2D eigenvalue weighted by Crippen LogP contribution is -2.34. The molecular weight excluding hydrogens is 294 g/mol. The summed E-state index contributed by atoms with van der Waals surface area (Å²) < 4.78 is 0. The van der Waals surface area contributed by atoms with Gasteiger partial charge < -0.3 is 16.0 Å². The van der Waals surface area contributed by atoms with Gasteiger partial charge in [-0.05, 0) is 35.5 Å². The number of rotatable bonds is 5. The van der Waals surface area contributed by atoms with Gasteiger partial charge in [0.2, 0.25) is 0 Å². The Hall–Kier alpha value is -2.40. The molecule has 1 amide bonds. The van der Waals surface area contributed by atoms with Crippen molar-refractivity contribution >= 4 is 23.2 Å². The van der Waals surface area contributed by atoms with E-state index in [9.17, 15) is 4.79 Å². The number of carbonyl (C=O) groups excluding carboxylic acids is 1. The fourth-order valence-electron chi connectivity index (χ4n) is 1.99. The first kappa shape index (κ1) is 16.0. The molecule has 0 bridgehead atoms. The summed E-state index contributed by atoms with van der Waals surface area (Å²) in [6, 6.07) is 17.5. The van der Waals surface area contributed by atoms with Crippen molar-refractivity contribution in [3.63, 3.8) is 0 Å². The molecule has 0 saturated carbocycles. The zero-order valence-corrected chi connectivity index (χ0v) is 13.2. The summed E-state index contributed by atoms with van der Waals surface area (Å²) in [4.78, 5) is 11.6. The summed E-state index contributed by atoms with van der Waals surface area (Å²) in [5.41, 5.74) is 2.82. The van der Waals surface area contributed by atoms with Crippen molar-refractivity contribution < 1.29 is 4.79 Å². The molecule has 2 aromatic carbocycles. The van der Waals surface area contributed by atoms with Crippen LogP contribution in [0.4, 0.5) is 0 Å². The molecule has 0 saturated heterocycles. The van der Waals surface area contributed by atoms with E-state index in [0.29, 0.717) is 23.8 Å². The molecule has 0 aliphatic heterocycles. The van der Waals surface area contributed by atoms with Gasteiger partial charge in [0.15, 0.2) is 5.11 Å². The lowest BCUT2D eigenvalue weighted by molar-refractivity contribution is 0.0963. The first-order valence-electron chi connectivity index (χ1n) is 7.05. The highest BCUT2D eigenvalue weighted by Crippen LogP contribution is 2.05. The largest absolute Gasteiger partial charge is 0.359 e. The molecule has 0 aromatic heterocycles. The Kier molecular flexibility index (Phi) is 5.91. The van der Waals surface area contributed by atoms with Gasteiger partial charge in [0, 0.05) is 25.7 Å². The van der Waals surface area contributed by atoms with Crippen LogP contribution in [0.5, 0.6) is 0 Å². The van der Waals surface area contributed by atoms with Crippen molar-refractivity contribution in [2.45, 2.75) is 13.1 Å². The normalized spacial score (nSPS) is 9.86. The SMILES string of the molecule is CNC(=O)c1cccc(CNC(=S)NCc2ccccc2)c1. The van der Waals surface area contributed by atoms with Crippen molar-refractivity contribution in [2.75, 3.05) is 7.05 Å². The topological polar surface area (TPSA) is 53.2 Å². The summed E-state index contributed by atoms with van der Waals surface area (Å²) >= 11 is 5.26. The Balaban J connectivity index is 1.82. The average Bonchev–Trinajstić information content (AvgIpc) is 2.58. The van der Waals surface area contributed by atoms with Crippen LogP contribution in [-0.2, 0) is 13.1 Å². The number of hydrogen-bond acceptors (Lipinski definition) is 2. The molecule has 0 spiro atoms. The minimum atomic E-state index is -0.0911. The maximum Gasteiger partial charge on any atom is 0.251 e. The molecular formula is C17H19N3OS. The molecule has 5 heteroatoms. The van der Waals surface area contributed by atoms with E-state index in [-0.39, 0.29) is 5.91 Å². The van der Waals surface area contributed by atoms with Crippen LogP contribution >= 0.6 is 12.2 Å². The second kappa shape index (κ2) is 8.14. The Bertz CT molecular complexity index is 643. The minimum Gasteiger partial charge on any atom is -0.359 e. The molecule has 0 aliphatic carbocycles. The lowest BCUT2D eigenvalue weighted by atomic mass is 10.1. The molecule has 0 unspecified atom stereocenters. The second-order valence-electron chi connectivity index (χ2n) is 4.80. The van der Waals surface area contributed by atoms with E-state index in [1.807, 2.05) is 48.5 Å². The Morgan fingerprint density at radius 2 is 1.59 bits per heavy atom. The number of benzene rings is 2. The van der Waals surface area contributed by atoms with Crippen molar-refractivity contribution in [3.05, 3.63) is 71.3 Å². The lowest BCUT2D eigenvalue weighted by Gasteiger charge is -2.11. The van der Waals surface area contributed by atoms with Crippen molar-refractivity contribution in [2.24, 2.45) is 0 Å². The summed E-state index contributed by atoms with van der Waals surface area (Å²) in [5.74, 6) is -0.0911. The van der Waals surface area contributed by atoms with Crippen LogP contribution < -0.4 is 16.0 Å². The average molecular weight is 313 g/mol. The van der Waals surface area contributed by atoms with Gasteiger partial charge in [0.05, 0.1) is 0 Å². The van der Waals surface area contributed by atoms with Gasteiger partial charge in [0.25, 0.3) is 5.91 Å². The first-order chi connectivity index (χ1) is 10.7. The number of hydrogen-bond donors (Lipinski definition) is 3. The van der Waals surface area contributed by atoms with Gasteiger partial charge in [-0.3, -0.25) is 4.79 Å². The molecule has 114 valence electrons. The van der Waals surface area contributed by atoms with Crippen LogP contribution in [0.2, 0.25) is 0 Å². The van der Waals surface area contributed by atoms with E-state index in [1.54, 1.807) is 13.1 Å². The number of carbonyl (C=O) groups is 1. The Labute approximate surface area is 135 Å². The van der Waals surface area contributed by atoms with Crippen molar-refractivity contribution in [1.29, 1.82) is 0 Å². The third kappa shape index (κ3) is 4.86. The Morgan fingerprint density at radius 3 is 2.27 bits per heavy atom. The zero-order valence-electron chi connectivity index (χ0n) is 12.4. The summed E-state index contributed by atoms with van der Waals surface area (Å²) in [7, 11) is 1.62. The van der Waals surface area contributed by atoms with Gasteiger partial charge in [-0.2, -0.15) is 0 Å². The second-order valence-corrected chi connectivity index (χ2v) is 5.21. The molecule has 0 heterocycles. The molecule has 0 atom stereocenters. The van der Waals surface area contributed by atoms with Crippen LogP contribution in [0.25, 0.3) is 0 Å². The summed E-state index contributed by atoms with van der Waals surface area (Å²) in [6.45, 7) is 1.26. The molecule has 0 aliphatic rings. The minimum absolute atomic E-state index is 0.0911. The highest BCUT2D eigenvalue weighted by atomic mass is 32.1. The first-order valence-corrected chi connectivity index (χ1v) is 7.46. The highest BCUT2D eigenvalue weighted by molar-refractivity contribution is 7.80. The highest BCUT2D eigenvalue weighted by Gasteiger charge is 2.04. The van der Waals surface area contributed by atoms with Crippen LogP contribution in [0.1, 0.15) is 21.5 Å². The van der Waals surface area contributed by atoms with E-state index in [1.165, 1.54) is 5.56 Å². The van der Waals surface area contributed by atoms with Crippen LogP contribution in [0.15, 0.2) is 54.6 Å². The molecule has 22 heavy (non-hydrogen) atoms. The summed E-state index contributed by atoms with van der Waals surface area (Å²) in [5, 5.41) is 9.51. The standard InChI is InChI=1S/C17H19N3OS/c1-18-16(21)15-9-5-8-14(10-15)12-20-17(22)19-11-13-6-3-2-4-7-13/h2-10H,11-12H2,1H3,(H,18,21)(H2,19,20,22). The fourth-order valence-corrected chi connectivity index (χ4v) is 2.13. The quantitative estimate of drug-likeness (QED) is 0.741. The van der Waals surface area contributed by atoms with Crippen molar-refractivity contribution in [1.82, 2.24) is 16.0 Å². The molecule has 0 radical (unpaired) electrons. The third-order valence-corrected chi connectivity index (χ3v) is 3.45. The Morgan fingerprint density at radius 1 is 0.955 bits per heavy atom. The maximum absolute atomic E-state index is 11.6. The van der Waals surface area contributed by atoms with E-state index in [2.05, 4.69) is 16.0 Å². The number of nitrogens with one attached hydrogen (secondary N) is 3. The monoisotopic (exact) mass is 313 g/mol. The van der Waals surface area contributed by atoms with Gasteiger partial charge in [-0.15, -0.1) is 0 Å². The van der Waals surface area contributed by atoms with E-state index in [4.69, 9.17) is 12.2 Å². The fraction of sp³-hybridized carbons (Fsp3) is 0.176. The van der Waals surface area contributed by atoms with E-state index in [0.717, 1.165) is 5.56 Å². The van der Waals surface area contributed by atoms with Crippen LogP contribution in [-0.4, -0.2) is 18.1 Å². The molecule has 0 fully saturated rings. The zero-order chi connectivity index (χ0) is 15.8. The molecule has 4 nitrogen and oxygen atoms in total. The van der Waals surface area contributed by atoms with E-state index >= 15 is 0 Å². The maximum atomic E-state index is 11.6. The summed E-state index contributed by atoms with van der Waals surface area (Å²) in [6.07, 6.45) is 0. The molecule has 2 aromatic rings. The van der Waals surface area contributed by atoms with E-state index < -0.39 is 0 Å². The predicted molar refractivity (Wildman–Crippen MR) is 92.6 cm³/mol. The number of thiocarbonyl (C=S) groups is 1. The number of amides is 1. The van der Waals surface area contributed by atoms with Crippen LogP contribution in [0, 0.1) is 0 Å². The van der Waals surface area contributed by atoms with Gasteiger partial charge >= 0.3 is 0 Å². The third-order valence-electron chi connectivity index (χ3n) is 3.17. The molecule has 2 rings (SSSR count). The van der Waals surface area contributed by atoms with Crippen molar-refractivity contribution in [3.8, 4) is 0 Å². The van der Waals surface area contributed by atoms with Crippen LogP contribution in [0.3, 0.4) is 0 Å². The van der Waals surface area contributed by atoms with Gasteiger partial charge in [0.1, 0.15) is 0 Å². The van der Waals surface area contributed by atoms with Gasteiger partial charge in [-0.1, -0.05) is 42.5 Å². The predicted octanol–water partition coefficient (Wildman–Crippen LogP) is 2.21. The molecule has 3 N–H and O–H groups in total. The smallest absolute Gasteiger partial charge is 0.251 e.